The number of nitrogens with zero attached hydrogens (tertiary/aromatic N) is 3. The van der Waals surface area contributed by atoms with E-state index in [1.54, 1.807) is 12.4 Å². The van der Waals surface area contributed by atoms with Gasteiger partial charge in [0, 0.05) is 26.0 Å². The lowest BCUT2D eigenvalue weighted by Crippen LogP contribution is -2.23. The molecule has 0 unspecified atom stereocenters. The maximum absolute atomic E-state index is 4.15. The summed E-state index contributed by atoms with van der Waals surface area (Å²) in [6.07, 6.45) is 4.62. The first-order chi connectivity index (χ1) is 6.34. The predicted molar refractivity (Wildman–Crippen MR) is 53.8 cm³/mol. The van der Waals surface area contributed by atoms with Crippen LogP contribution >= 0.6 is 0 Å². The number of anilines is 1. The van der Waals surface area contributed by atoms with Gasteiger partial charge in [-0.2, -0.15) is 0 Å². The summed E-state index contributed by atoms with van der Waals surface area (Å²) < 4.78 is 0. The lowest BCUT2D eigenvalue weighted by Gasteiger charge is -2.15. The number of aromatic nitrogens is 2. The van der Waals surface area contributed by atoms with E-state index in [1.165, 1.54) is 0 Å². The van der Waals surface area contributed by atoms with Crippen LogP contribution in [-0.4, -0.2) is 37.2 Å². The van der Waals surface area contributed by atoms with E-state index in [1.807, 2.05) is 20.2 Å². The monoisotopic (exact) mass is 180 g/mol. The fraction of sp³-hybridized carbons (Fsp3) is 0.556. The highest BCUT2D eigenvalue weighted by atomic mass is 15.2. The van der Waals surface area contributed by atoms with Crippen LogP contribution in [0.2, 0.25) is 0 Å². The topological polar surface area (TPSA) is 41.0 Å². The van der Waals surface area contributed by atoms with Crippen molar-refractivity contribution in [2.75, 3.05) is 32.1 Å². The minimum Gasteiger partial charge on any atom is -0.344 e. The zero-order chi connectivity index (χ0) is 9.52. The van der Waals surface area contributed by atoms with Gasteiger partial charge in [0.05, 0.1) is 0 Å². The van der Waals surface area contributed by atoms with Crippen LogP contribution in [0.3, 0.4) is 0 Å². The summed E-state index contributed by atoms with van der Waals surface area (Å²) in [6, 6.07) is 1.82. The summed E-state index contributed by atoms with van der Waals surface area (Å²) in [5.74, 6) is 0.790. The van der Waals surface area contributed by atoms with E-state index in [4.69, 9.17) is 0 Å². The van der Waals surface area contributed by atoms with Crippen LogP contribution < -0.4 is 10.2 Å². The molecule has 4 nitrogen and oxygen atoms in total. The highest BCUT2D eigenvalue weighted by Crippen LogP contribution is 2.01. The van der Waals surface area contributed by atoms with Crippen LogP contribution in [0, 0.1) is 0 Å². The van der Waals surface area contributed by atoms with E-state index < -0.39 is 0 Å². The Morgan fingerprint density at radius 3 is 2.69 bits per heavy atom. The van der Waals surface area contributed by atoms with Crippen LogP contribution in [-0.2, 0) is 0 Å². The van der Waals surface area contributed by atoms with Crippen molar-refractivity contribution in [3.8, 4) is 0 Å². The number of nitrogens with one attached hydrogen (secondary N) is 1. The van der Waals surface area contributed by atoms with Crippen LogP contribution in [0.15, 0.2) is 18.5 Å². The standard InChI is InChI=1S/C9H16N4/c1-10-5-4-8-13(2)9-11-6-3-7-12-9/h3,6-7,10H,4-5,8H2,1-2H3. The van der Waals surface area contributed by atoms with Crippen molar-refractivity contribution < 1.29 is 0 Å². The molecule has 4 heteroatoms. The first-order valence-corrected chi connectivity index (χ1v) is 4.47. The van der Waals surface area contributed by atoms with Gasteiger partial charge in [-0.05, 0) is 26.1 Å². The van der Waals surface area contributed by atoms with Crippen molar-refractivity contribution in [2.45, 2.75) is 6.42 Å². The molecule has 1 heterocycles. The van der Waals surface area contributed by atoms with Crippen molar-refractivity contribution in [1.29, 1.82) is 0 Å². The molecule has 1 N–H and O–H groups in total. The zero-order valence-corrected chi connectivity index (χ0v) is 8.20. The Morgan fingerprint density at radius 2 is 2.08 bits per heavy atom. The lowest BCUT2D eigenvalue weighted by molar-refractivity contribution is 0.704. The molecule has 0 amide bonds. The molecule has 1 aromatic heterocycles. The van der Waals surface area contributed by atoms with Crippen molar-refractivity contribution in [2.24, 2.45) is 0 Å². The van der Waals surface area contributed by atoms with Gasteiger partial charge in [0.1, 0.15) is 0 Å². The molecule has 0 fully saturated rings. The Labute approximate surface area is 79.0 Å². The molecule has 1 rings (SSSR count). The van der Waals surface area contributed by atoms with Crippen molar-refractivity contribution in [1.82, 2.24) is 15.3 Å². The average Bonchev–Trinajstić information content (AvgIpc) is 2.19. The van der Waals surface area contributed by atoms with E-state index in [2.05, 4.69) is 20.2 Å². The normalized spacial score (nSPS) is 10.0. The number of hydrogen-bond acceptors (Lipinski definition) is 4. The van der Waals surface area contributed by atoms with Crippen LogP contribution in [0.1, 0.15) is 6.42 Å². The maximum atomic E-state index is 4.15. The van der Waals surface area contributed by atoms with Crippen molar-refractivity contribution in [3.05, 3.63) is 18.5 Å². The fourth-order valence-corrected chi connectivity index (χ4v) is 1.08. The Bertz CT molecular complexity index is 224. The molecule has 0 bridgehead atoms. The zero-order valence-electron chi connectivity index (χ0n) is 8.20. The summed E-state index contributed by atoms with van der Waals surface area (Å²) in [7, 11) is 3.96. The number of rotatable bonds is 5. The predicted octanol–water partition coefficient (Wildman–Crippen LogP) is 0.522. The Balaban J connectivity index is 2.35. The van der Waals surface area contributed by atoms with Crippen molar-refractivity contribution in [3.63, 3.8) is 0 Å². The highest BCUT2D eigenvalue weighted by molar-refractivity contribution is 5.25. The maximum Gasteiger partial charge on any atom is 0.224 e. The van der Waals surface area contributed by atoms with Gasteiger partial charge in [-0.25, -0.2) is 9.97 Å². The van der Waals surface area contributed by atoms with Crippen LogP contribution in [0.4, 0.5) is 5.95 Å². The molecule has 0 radical (unpaired) electrons. The molecular formula is C9H16N4. The Morgan fingerprint density at radius 1 is 1.38 bits per heavy atom. The SMILES string of the molecule is CNCCCN(C)c1ncccn1. The molecule has 0 spiro atoms. The molecule has 0 aliphatic carbocycles. The Kier molecular flexibility index (Phi) is 4.18. The second-order valence-electron chi connectivity index (χ2n) is 2.93. The fourth-order valence-electron chi connectivity index (χ4n) is 1.08. The van der Waals surface area contributed by atoms with E-state index in [0.717, 1.165) is 25.5 Å². The second kappa shape index (κ2) is 5.48. The smallest absolute Gasteiger partial charge is 0.224 e. The van der Waals surface area contributed by atoms with Crippen LogP contribution in [0.5, 0.6) is 0 Å². The first kappa shape index (κ1) is 9.92. The minimum absolute atomic E-state index is 0.790. The average molecular weight is 180 g/mol. The van der Waals surface area contributed by atoms with E-state index in [9.17, 15) is 0 Å². The summed E-state index contributed by atoms with van der Waals surface area (Å²) >= 11 is 0. The quantitative estimate of drug-likeness (QED) is 0.671. The third-order valence-electron chi connectivity index (χ3n) is 1.81. The molecule has 0 saturated heterocycles. The largest absolute Gasteiger partial charge is 0.344 e. The van der Waals surface area contributed by atoms with Gasteiger partial charge in [0.2, 0.25) is 5.95 Å². The Hall–Kier alpha value is -1.16. The lowest BCUT2D eigenvalue weighted by atomic mass is 10.4. The van der Waals surface area contributed by atoms with Gasteiger partial charge in [-0.3, -0.25) is 0 Å². The van der Waals surface area contributed by atoms with Gasteiger partial charge in [0.15, 0.2) is 0 Å². The molecule has 0 aliphatic rings. The third-order valence-corrected chi connectivity index (χ3v) is 1.81. The molecular weight excluding hydrogens is 164 g/mol. The van der Waals surface area contributed by atoms with Gasteiger partial charge in [-0.1, -0.05) is 0 Å². The highest BCUT2D eigenvalue weighted by Gasteiger charge is 2.00. The molecule has 0 aliphatic heterocycles. The second-order valence-corrected chi connectivity index (χ2v) is 2.93. The summed E-state index contributed by atoms with van der Waals surface area (Å²) in [4.78, 5) is 10.4. The van der Waals surface area contributed by atoms with E-state index in [-0.39, 0.29) is 0 Å². The molecule has 1 aromatic rings. The minimum atomic E-state index is 0.790. The summed E-state index contributed by atoms with van der Waals surface area (Å²) in [6.45, 7) is 2.00. The molecule has 13 heavy (non-hydrogen) atoms. The molecule has 0 aromatic carbocycles. The van der Waals surface area contributed by atoms with Crippen molar-refractivity contribution >= 4 is 5.95 Å². The van der Waals surface area contributed by atoms with Gasteiger partial charge in [0.25, 0.3) is 0 Å². The third kappa shape index (κ3) is 3.38. The van der Waals surface area contributed by atoms with Gasteiger partial charge >= 0.3 is 0 Å². The molecule has 72 valence electrons. The van der Waals surface area contributed by atoms with Crippen LogP contribution in [0.25, 0.3) is 0 Å². The van der Waals surface area contributed by atoms with Gasteiger partial charge in [-0.15, -0.1) is 0 Å². The first-order valence-electron chi connectivity index (χ1n) is 4.47. The van der Waals surface area contributed by atoms with E-state index >= 15 is 0 Å². The summed E-state index contributed by atoms with van der Waals surface area (Å²) in [5.41, 5.74) is 0. The summed E-state index contributed by atoms with van der Waals surface area (Å²) in [5, 5.41) is 3.11. The molecule has 0 atom stereocenters. The molecule has 0 saturated carbocycles. The van der Waals surface area contributed by atoms with Gasteiger partial charge < -0.3 is 10.2 Å². The van der Waals surface area contributed by atoms with E-state index in [0.29, 0.717) is 0 Å². The number of hydrogen-bond donors (Lipinski definition) is 1.